The lowest BCUT2D eigenvalue weighted by Gasteiger charge is -2.09. The smallest absolute Gasteiger partial charge is 0.224 e. The van der Waals surface area contributed by atoms with Crippen molar-refractivity contribution in [2.24, 2.45) is 0 Å². The first kappa shape index (κ1) is 22.1. The molecule has 0 unspecified atom stereocenters. The van der Waals surface area contributed by atoms with Gasteiger partial charge in [0.25, 0.3) is 0 Å². The van der Waals surface area contributed by atoms with E-state index in [4.69, 9.17) is 4.74 Å². The number of benzene rings is 4. The molecule has 0 fully saturated rings. The van der Waals surface area contributed by atoms with E-state index < -0.39 is 0 Å². The third-order valence-corrected chi connectivity index (χ3v) is 7.06. The molecule has 0 aliphatic rings. The van der Waals surface area contributed by atoms with Crippen molar-refractivity contribution in [2.45, 2.75) is 11.3 Å². The van der Waals surface area contributed by atoms with Crippen molar-refractivity contribution in [3.63, 3.8) is 0 Å². The van der Waals surface area contributed by atoms with E-state index in [1.165, 1.54) is 10.3 Å². The van der Waals surface area contributed by atoms with Crippen LogP contribution in [0.4, 0.5) is 0 Å². The number of para-hydroxylation sites is 1. The van der Waals surface area contributed by atoms with Crippen molar-refractivity contribution in [2.75, 3.05) is 19.4 Å². The van der Waals surface area contributed by atoms with Crippen LogP contribution in [0.15, 0.2) is 95.9 Å². The molecule has 4 aromatic carbocycles. The number of carbonyl (C=O) groups is 1. The molecule has 5 rings (SSSR count). The zero-order valence-corrected chi connectivity index (χ0v) is 19.8. The van der Waals surface area contributed by atoms with E-state index in [9.17, 15) is 4.79 Å². The van der Waals surface area contributed by atoms with Crippen LogP contribution >= 0.6 is 11.8 Å². The van der Waals surface area contributed by atoms with E-state index in [2.05, 4.69) is 58.8 Å². The Balaban J connectivity index is 1.26. The van der Waals surface area contributed by atoms with Crippen molar-refractivity contribution < 1.29 is 9.53 Å². The lowest BCUT2D eigenvalue weighted by molar-refractivity contribution is -0.120. The molecule has 0 bridgehead atoms. The molecule has 0 spiro atoms. The van der Waals surface area contributed by atoms with Gasteiger partial charge in [-0.05, 0) is 52.2 Å². The van der Waals surface area contributed by atoms with Gasteiger partial charge in [-0.2, -0.15) is 0 Å². The first-order chi connectivity index (χ1) is 16.7. The predicted molar refractivity (Wildman–Crippen MR) is 142 cm³/mol. The summed E-state index contributed by atoms with van der Waals surface area (Å²) in [5.41, 5.74) is 4.37. The number of nitrogens with one attached hydrogen (secondary N) is 2. The molecule has 1 aromatic heterocycles. The Morgan fingerprint density at radius 1 is 0.882 bits per heavy atom. The highest BCUT2D eigenvalue weighted by Crippen LogP contribution is 2.38. The van der Waals surface area contributed by atoms with Gasteiger partial charge in [0.05, 0.1) is 19.2 Å². The molecule has 1 amide bonds. The second-order valence-corrected chi connectivity index (χ2v) is 9.22. The van der Waals surface area contributed by atoms with E-state index in [0.29, 0.717) is 13.0 Å². The molecule has 0 aliphatic carbocycles. The third kappa shape index (κ3) is 4.66. The van der Waals surface area contributed by atoms with Crippen LogP contribution in [-0.2, 0) is 11.2 Å². The minimum atomic E-state index is 0.0475. The first-order valence-corrected chi connectivity index (χ1v) is 12.3. The minimum absolute atomic E-state index is 0.0475. The molecular weight excluding hydrogens is 440 g/mol. The zero-order chi connectivity index (χ0) is 23.3. The van der Waals surface area contributed by atoms with E-state index in [0.717, 1.165) is 44.6 Å². The number of methoxy groups -OCH3 is 1. The van der Waals surface area contributed by atoms with Crippen LogP contribution in [0.1, 0.15) is 5.56 Å². The number of aromatic nitrogens is 1. The van der Waals surface area contributed by atoms with Crippen molar-refractivity contribution >= 4 is 39.3 Å². The number of H-pyrrole nitrogens is 1. The van der Waals surface area contributed by atoms with Gasteiger partial charge in [0.2, 0.25) is 5.91 Å². The molecule has 5 heteroatoms. The summed E-state index contributed by atoms with van der Waals surface area (Å²) >= 11 is 1.76. The average Bonchev–Trinajstić information content (AvgIpc) is 3.25. The zero-order valence-electron chi connectivity index (χ0n) is 19.0. The molecule has 0 aliphatic heterocycles. The van der Waals surface area contributed by atoms with Crippen LogP contribution < -0.4 is 10.1 Å². The number of amides is 1. The van der Waals surface area contributed by atoms with Gasteiger partial charge in [0.1, 0.15) is 5.75 Å². The largest absolute Gasteiger partial charge is 0.497 e. The predicted octanol–water partition coefficient (Wildman–Crippen LogP) is 6.45. The monoisotopic (exact) mass is 466 g/mol. The van der Waals surface area contributed by atoms with Crippen LogP contribution in [0.2, 0.25) is 0 Å². The first-order valence-electron chi connectivity index (χ1n) is 11.3. The van der Waals surface area contributed by atoms with Crippen molar-refractivity contribution in [3.05, 3.63) is 96.6 Å². The summed E-state index contributed by atoms with van der Waals surface area (Å²) in [6.07, 6.45) is 0.385. The molecule has 5 aromatic rings. The topological polar surface area (TPSA) is 54.1 Å². The summed E-state index contributed by atoms with van der Waals surface area (Å²) in [6, 6.07) is 30.7. The fourth-order valence-electron chi connectivity index (χ4n) is 4.25. The van der Waals surface area contributed by atoms with E-state index in [-0.39, 0.29) is 5.91 Å². The summed E-state index contributed by atoms with van der Waals surface area (Å²) in [7, 11) is 1.67. The van der Waals surface area contributed by atoms with Crippen LogP contribution in [0.5, 0.6) is 5.75 Å². The number of rotatable bonds is 8. The van der Waals surface area contributed by atoms with Crippen LogP contribution in [0.25, 0.3) is 32.9 Å². The number of carbonyl (C=O) groups excluding carboxylic acids is 1. The molecule has 0 atom stereocenters. The summed E-state index contributed by atoms with van der Waals surface area (Å²) < 4.78 is 5.31. The third-order valence-electron chi connectivity index (χ3n) is 5.94. The maximum absolute atomic E-state index is 12.6. The maximum Gasteiger partial charge on any atom is 0.224 e. The highest BCUT2D eigenvalue weighted by molar-refractivity contribution is 7.99. The number of hydrogen-bond donors (Lipinski definition) is 2. The van der Waals surface area contributed by atoms with Gasteiger partial charge in [0.15, 0.2) is 0 Å². The number of hydrogen-bond acceptors (Lipinski definition) is 3. The second-order valence-electron chi connectivity index (χ2n) is 8.12. The highest BCUT2D eigenvalue weighted by atomic mass is 32.2. The van der Waals surface area contributed by atoms with E-state index in [1.807, 2.05) is 42.5 Å². The Hall–Kier alpha value is -3.70. The molecule has 170 valence electrons. The van der Waals surface area contributed by atoms with Gasteiger partial charge in [0, 0.05) is 28.1 Å². The second kappa shape index (κ2) is 10.1. The Kier molecular flexibility index (Phi) is 6.54. The molecule has 34 heavy (non-hydrogen) atoms. The van der Waals surface area contributed by atoms with Crippen LogP contribution in [0.3, 0.4) is 0 Å². The molecule has 2 N–H and O–H groups in total. The van der Waals surface area contributed by atoms with Crippen molar-refractivity contribution in [1.82, 2.24) is 10.3 Å². The Labute approximate surface area is 203 Å². The lowest BCUT2D eigenvalue weighted by atomic mass is 10.0. The summed E-state index contributed by atoms with van der Waals surface area (Å²) in [5.74, 6) is 1.67. The fourth-order valence-corrected chi connectivity index (χ4v) is 5.31. The normalized spacial score (nSPS) is 11.1. The molecule has 0 saturated carbocycles. The quantitative estimate of drug-likeness (QED) is 0.204. The number of ether oxygens (including phenoxy) is 1. The Bertz CT molecular complexity index is 1430. The van der Waals surface area contributed by atoms with Gasteiger partial charge >= 0.3 is 0 Å². The highest BCUT2D eigenvalue weighted by Gasteiger charge is 2.14. The number of fused-ring (bicyclic) bond motifs is 2. The SMILES string of the molecule is COc1ccc(-c2[nH]c3ccccc3c2SCCNC(=O)Cc2cccc3ccccc23)cc1. The standard InChI is InChI=1S/C29H26N2O2S/c1-33-23-15-13-21(14-16-23)28-29(25-11-4-5-12-26(25)31-28)34-18-17-30-27(32)19-22-9-6-8-20-7-2-3-10-24(20)22/h2-16,31H,17-19H2,1H3,(H,30,32). The number of aromatic amines is 1. The van der Waals surface area contributed by atoms with Gasteiger partial charge in [-0.3, -0.25) is 4.79 Å². The molecular formula is C29H26N2O2S. The van der Waals surface area contributed by atoms with Gasteiger partial charge in [-0.25, -0.2) is 0 Å². The molecule has 4 nitrogen and oxygen atoms in total. The lowest BCUT2D eigenvalue weighted by Crippen LogP contribution is -2.27. The van der Waals surface area contributed by atoms with Crippen molar-refractivity contribution in [1.29, 1.82) is 0 Å². The molecule has 0 radical (unpaired) electrons. The van der Waals surface area contributed by atoms with E-state index in [1.54, 1.807) is 18.9 Å². The van der Waals surface area contributed by atoms with E-state index >= 15 is 0 Å². The van der Waals surface area contributed by atoms with Gasteiger partial charge < -0.3 is 15.0 Å². The number of thioether (sulfide) groups is 1. The minimum Gasteiger partial charge on any atom is -0.497 e. The van der Waals surface area contributed by atoms with Crippen molar-refractivity contribution in [3.8, 4) is 17.0 Å². The summed E-state index contributed by atoms with van der Waals surface area (Å²) in [5, 5.41) is 6.59. The Morgan fingerprint density at radius 2 is 1.62 bits per heavy atom. The molecule has 1 heterocycles. The van der Waals surface area contributed by atoms with Crippen LogP contribution in [-0.4, -0.2) is 30.3 Å². The van der Waals surface area contributed by atoms with Crippen LogP contribution in [0, 0.1) is 0 Å². The average molecular weight is 467 g/mol. The van der Waals surface area contributed by atoms with Gasteiger partial charge in [-0.15, -0.1) is 11.8 Å². The van der Waals surface area contributed by atoms with Gasteiger partial charge in [-0.1, -0.05) is 60.7 Å². The molecule has 0 saturated heterocycles. The fraction of sp³-hybridized carbons (Fsp3) is 0.138. The maximum atomic E-state index is 12.6. The summed E-state index contributed by atoms with van der Waals surface area (Å²) in [6.45, 7) is 0.607. The summed E-state index contributed by atoms with van der Waals surface area (Å²) in [4.78, 5) is 17.4. The Morgan fingerprint density at radius 3 is 2.44 bits per heavy atom.